The molecule has 0 radical (unpaired) electrons. The van der Waals surface area contributed by atoms with Crippen molar-refractivity contribution < 1.29 is 14.4 Å². The number of carbonyl (C=O) groups is 3. The molecule has 1 saturated heterocycles. The van der Waals surface area contributed by atoms with E-state index in [1.807, 2.05) is 0 Å². The molecule has 2 N–H and O–H groups in total. The molecule has 1 atom stereocenters. The molecular weight excluding hydrogens is 432 g/mol. The first-order chi connectivity index (χ1) is 13.0. The minimum Gasteiger partial charge on any atom is -0.301 e. The third-order valence-corrected chi connectivity index (χ3v) is 4.53. The summed E-state index contributed by atoms with van der Waals surface area (Å²) in [6.07, 6.45) is 1.09. The quantitative estimate of drug-likeness (QED) is 0.327. The van der Waals surface area contributed by atoms with Gasteiger partial charge in [0.25, 0.3) is 11.8 Å². The molecule has 136 valence electrons. The molecule has 0 unspecified atom stereocenters. The summed E-state index contributed by atoms with van der Waals surface area (Å²) in [5.74, 6) is -2.81. The standard InChI is InChI=1S/C18H13BrN4O3S/c19-12-6-8-13(9-7-12)23-17(26)14(16(25)21-18(23)27)10-20-22-15(24)11-4-2-1-3-5-11/h1-10,14H,(H,22,24)(H,21,25,27)/b20-10-/t14-/m0/s1. The molecular formula is C18H13BrN4O3S. The minimum atomic E-state index is -1.21. The Morgan fingerprint density at radius 1 is 1.15 bits per heavy atom. The topological polar surface area (TPSA) is 90.9 Å². The number of thiocarbonyl (C=S) groups is 1. The van der Waals surface area contributed by atoms with Crippen molar-refractivity contribution in [2.24, 2.45) is 11.0 Å². The monoisotopic (exact) mass is 444 g/mol. The van der Waals surface area contributed by atoms with Gasteiger partial charge in [-0.05, 0) is 48.6 Å². The van der Waals surface area contributed by atoms with Crippen LogP contribution in [0.15, 0.2) is 64.2 Å². The van der Waals surface area contributed by atoms with Crippen molar-refractivity contribution in [3.63, 3.8) is 0 Å². The molecule has 0 aliphatic carbocycles. The first-order valence-corrected chi connectivity index (χ1v) is 9.00. The highest BCUT2D eigenvalue weighted by Gasteiger charge is 2.38. The van der Waals surface area contributed by atoms with Crippen molar-refractivity contribution in [3.05, 3.63) is 64.6 Å². The fourth-order valence-electron chi connectivity index (χ4n) is 2.38. The van der Waals surface area contributed by atoms with Gasteiger partial charge in [0.2, 0.25) is 5.91 Å². The van der Waals surface area contributed by atoms with E-state index in [1.165, 1.54) is 4.90 Å². The highest BCUT2D eigenvalue weighted by atomic mass is 79.9. The molecule has 1 aliphatic rings. The van der Waals surface area contributed by atoms with E-state index >= 15 is 0 Å². The Morgan fingerprint density at radius 2 is 1.81 bits per heavy atom. The maximum atomic E-state index is 12.7. The predicted molar refractivity (Wildman–Crippen MR) is 108 cm³/mol. The number of nitrogens with zero attached hydrogens (tertiary/aromatic N) is 2. The summed E-state index contributed by atoms with van der Waals surface area (Å²) in [4.78, 5) is 38.1. The number of amides is 3. The lowest BCUT2D eigenvalue weighted by Gasteiger charge is -2.30. The fourth-order valence-corrected chi connectivity index (χ4v) is 2.94. The number of halogens is 1. The molecule has 2 aromatic carbocycles. The molecule has 0 bridgehead atoms. The van der Waals surface area contributed by atoms with Crippen LogP contribution in [-0.2, 0) is 9.59 Å². The molecule has 7 nitrogen and oxygen atoms in total. The average Bonchev–Trinajstić information content (AvgIpc) is 2.66. The van der Waals surface area contributed by atoms with Gasteiger partial charge >= 0.3 is 0 Å². The van der Waals surface area contributed by atoms with Crippen molar-refractivity contribution in [3.8, 4) is 0 Å². The normalized spacial score (nSPS) is 17.1. The Balaban J connectivity index is 1.75. The van der Waals surface area contributed by atoms with Gasteiger partial charge in [-0.2, -0.15) is 5.10 Å². The third-order valence-electron chi connectivity index (χ3n) is 3.71. The molecule has 1 fully saturated rings. The molecule has 1 aliphatic heterocycles. The van der Waals surface area contributed by atoms with Crippen LogP contribution in [0.2, 0.25) is 0 Å². The minimum absolute atomic E-state index is 0.00899. The van der Waals surface area contributed by atoms with E-state index in [0.29, 0.717) is 11.3 Å². The Morgan fingerprint density at radius 3 is 2.48 bits per heavy atom. The summed E-state index contributed by atoms with van der Waals surface area (Å²) in [6.45, 7) is 0. The van der Waals surface area contributed by atoms with Crippen molar-refractivity contribution in [2.75, 3.05) is 4.90 Å². The average molecular weight is 445 g/mol. The van der Waals surface area contributed by atoms with Gasteiger partial charge < -0.3 is 5.32 Å². The van der Waals surface area contributed by atoms with E-state index in [9.17, 15) is 14.4 Å². The predicted octanol–water partition coefficient (Wildman–Crippen LogP) is 2.23. The zero-order valence-corrected chi connectivity index (χ0v) is 16.2. The second kappa shape index (κ2) is 8.19. The van der Waals surface area contributed by atoms with Gasteiger partial charge in [-0.1, -0.05) is 34.1 Å². The summed E-state index contributed by atoms with van der Waals surface area (Å²) < 4.78 is 0.840. The number of nitrogens with one attached hydrogen (secondary N) is 2. The molecule has 27 heavy (non-hydrogen) atoms. The van der Waals surface area contributed by atoms with Gasteiger partial charge in [0, 0.05) is 16.3 Å². The number of rotatable bonds is 4. The van der Waals surface area contributed by atoms with Gasteiger partial charge in [-0.15, -0.1) is 0 Å². The molecule has 0 saturated carbocycles. The number of benzene rings is 2. The highest BCUT2D eigenvalue weighted by molar-refractivity contribution is 9.10. The van der Waals surface area contributed by atoms with Crippen LogP contribution in [-0.4, -0.2) is 29.0 Å². The summed E-state index contributed by atoms with van der Waals surface area (Å²) in [6, 6.07) is 15.4. The number of carbonyl (C=O) groups excluding carboxylic acids is 3. The summed E-state index contributed by atoms with van der Waals surface area (Å²) >= 11 is 8.43. The largest absolute Gasteiger partial charge is 0.301 e. The molecule has 1 heterocycles. The molecule has 2 aromatic rings. The maximum Gasteiger partial charge on any atom is 0.271 e. The van der Waals surface area contributed by atoms with Crippen LogP contribution in [0.3, 0.4) is 0 Å². The molecule has 0 aromatic heterocycles. The zero-order chi connectivity index (χ0) is 19.4. The van der Waals surface area contributed by atoms with E-state index in [-0.39, 0.29) is 5.11 Å². The van der Waals surface area contributed by atoms with Gasteiger partial charge in [-0.25, -0.2) is 5.43 Å². The van der Waals surface area contributed by atoms with Gasteiger partial charge in [0.1, 0.15) is 0 Å². The van der Waals surface area contributed by atoms with E-state index < -0.39 is 23.6 Å². The van der Waals surface area contributed by atoms with Crippen LogP contribution >= 0.6 is 28.1 Å². The van der Waals surface area contributed by atoms with Gasteiger partial charge in [-0.3, -0.25) is 19.3 Å². The van der Waals surface area contributed by atoms with Crippen molar-refractivity contribution in [1.82, 2.24) is 10.7 Å². The molecule has 3 amide bonds. The summed E-state index contributed by atoms with van der Waals surface area (Å²) in [5.41, 5.74) is 3.22. The first-order valence-electron chi connectivity index (χ1n) is 7.80. The first kappa shape index (κ1) is 18.9. The van der Waals surface area contributed by atoms with Crippen LogP contribution in [0.5, 0.6) is 0 Å². The van der Waals surface area contributed by atoms with Gasteiger partial charge in [0.05, 0.1) is 5.69 Å². The third kappa shape index (κ3) is 4.26. The Labute approximate surface area is 168 Å². The van der Waals surface area contributed by atoms with Crippen LogP contribution < -0.4 is 15.6 Å². The lowest BCUT2D eigenvalue weighted by molar-refractivity contribution is -0.130. The number of hydrazone groups is 1. The van der Waals surface area contributed by atoms with E-state index in [2.05, 4.69) is 31.8 Å². The van der Waals surface area contributed by atoms with Crippen LogP contribution in [0.25, 0.3) is 0 Å². The van der Waals surface area contributed by atoms with Crippen LogP contribution in [0.1, 0.15) is 10.4 Å². The summed E-state index contributed by atoms with van der Waals surface area (Å²) in [5, 5.41) is 6.22. The Hall–Kier alpha value is -2.91. The maximum absolute atomic E-state index is 12.7. The van der Waals surface area contributed by atoms with Crippen LogP contribution in [0.4, 0.5) is 5.69 Å². The summed E-state index contributed by atoms with van der Waals surface area (Å²) in [7, 11) is 0. The highest BCUT2D eigenvalue weighted by Crippen LogP contribution is 2.22. The smallest absolute Gasteiger partial charge is 0.271 e. The second-order valence-electron chi connectivity index (χ2n) is 5.51. The van der Waals surface area contributed by atoms with Crippen LogP contribution in [0, 0.1) is 5.92 Å². The van der Waals surface area contributed by atoms with Crippen molar-refractivity contribution in [2.45, 2.75) is 0 Å². The molecule has 3 rings (SSSR count). The number of hydrogen-bond donors (Lipinski definition) is 2. The van der Waals surface area contributed by atoms with Crippen molar-refractivity contribution in [1.29, 1.82) is 0 Å². The Kier molecular flexibility index (Phi) is 5.72. The fraction of sp³-hybridized carbons (Fsp3) is 0.0556. The number of anilines is 1. The number of hydrogen-bond acceptors (Lipinski definition) is 5. The zero-order valence-electron chi connectivity index (χ0n) is 13.8. The van der Waals surface area contributed by atoms with E-state index in [4.69, 9.17) is 12.2 Å². The second-order valence-corrected chi connectivity index (χ2v) is 6.81. The van der Waals surface area contributed by atoms with E-state index in [0.717, 1.165) is 10.7 Å². The Bertz CT molecular complexity index is 931. The SMILES string of the molecule is O=C(N/N=C\[C@H]1C(=O)NC(=S)N(c2ccc(Br)cc2)C1=O)c1ccccc1. The molecule has 9 heteroatoms. The van der Waals surface area contributed by atoms with Gasteiger partial charge in [0.15, 0.2) is 11.0 Å². The lowest BCUT2D eigenvalue weighted by Crippen LogP contribution is -2.58. The molecule has 0 spiro atoms. The van der Waals surface area contributed by atoms with E-state index in [1.54, 1.807) is 54.6 Å². The van der Waals surface area contributed by atoms with Crippen molar-refractivity contribution >= 4 is 62.9 Å². The lowest BCUT2D eigenvalue weighted by atomic mass is 10.1.